The fourth-order valence-corrected chi connectivity index (χ4v) is 2.96. The van der Waals surface area contributed by atoms with Gasteiger partial charge in [-0.05, 0) is 29.8 Å². The molecule has 27 heavy (non-hydrogen) atoms. The second-order valence-electron chi connectivity index (χ2n) is 5.71. The molecule has 0 saturated heterocycles. The lowest BCUT2D eigenvalue weighted by Crippen LogP contribution is -2.16. The van der Waals surface area contributed by atoms with Gasteiger partial charge in [0.25, 0.3) is 0 Å². The fraction of sp³-hybridized carbons (Fsp3) is 0. The van der Waals surface area contributed by atoms with Crippen LogP contribution >= 0.6 is 11.6 Å². The third-order valence-corrected chi connectivity index (χ3v) is 4.28. The molecule has 2 aromatic carbocycles. The van der Waals surface area contributed by atoms with Crippen molar-refractivity contribution < 1.29 is 9.53 Å². The molecule has 0 spiro atoms. The highest BCUT2D eigenvalue weighted by molar-refractivity contribution is 6.34. The molecule has 0 bridgehead atoms. The van der Waals surface area contributed by atoms with Gasteiger partial charge in [0.1, 0.15) is 23.5 Å². The Balaban J connectivity index is 1.58. The second kappa shape index (κ2) is 6.97. The van der Waals surface area contributed by atoms with E-state index in [1.54, 1.807) is 42.6 Å². The highest BCUT2D eigenvalue weighted by atomic mass is 35.5. The quantitative estimate of drug-likeness (QED) is 0.487. The van der Waals surface area contributed by atoms with Gasteiger partial charge in [-0.1, -0.05) is 35.9 Å². The summed E-state index contributed by atoms with van der Waals surface area (Å²) >= 11 is 6.34. The number of aromatic amines is 1. The standard InChI is InChI=1S/C19H14ClN5O2/c20-14-8-11(13-9-22-18-16(13)17(21)23-10-24-18)6-7-15(14)25-19(26)27-12-4-2-1-3-5-12/h1-10H,(H,25,26)(H3,21,22,23,24). The van der Waals surface area contributed by atoms with E-state index in [0.29, 0.717) is 27.9 Å². The molecule has 2 aromatic heterocycles. The summed E-state index contributed by atoms with van der Waals surface area (Å²) < 4.78 is 5.20. The van der Waals surface area contributed by atoms with Gasteiger partial charge in [-0.15, -0.1) is 0 Å². The predicted octanol–water partition coefficient (Wildman–Crippen LogP) is 4.47. The Hall–Kier alpha value is -3.58. The van der Waals surface area contributed by atoms with Gasteiger partial charge in [-0.25, -0.2) is 14.8 Å². The Morgan fingerprint density at radius 3 is 2.74 bits per heavy atom. The van der Waals surface area contributed by atoms with Crippen molar-refractivity contribution in [3.8, 4) is 16.9 Å². The molecule has 1 amide bonds. The number of hydrogen-bond donors (Lipinski definition) is 3. The molecule has 0 unspecified atom stereocenters. The van der Waals surface area contributed by atoms with E-state index in [-0.39, 0.29) is 0 Å². The maximum Gasteiger partial charge on any atom is 0.417 e. The molecule has 0 fully saturated rings. The van der Waals surface area contributed by atoms with E-state index in [2.05, 4.69) is 20.3 Å². The van der Waals surface area contributed by atoms with Gasteiger partial charge in [0, 0.05) is 11.8 Å². The molecule has 4 N–H and O–H groups in total. The van der Waals surface area contributed by atoms with E-state index in [9.17, 15) is 4.79 Å². The summed E-state index contributed by atoms with van der Waals surface area (Å²) in [6, 6.07) is 14.0. The summed E-state index contributed by atoms with van der Waals surface area (Å²) in [6.45, 7) is 0. The van der Waals surface area contributed by atoms with Crippen molar-refractivity contribution in [1.82, 2.24) is 15.0 Å². The number of H-pyrrole nitrogens is 1. The molecular weight excluding hydrogens is 366 g/mol. The van der Waals surface area contributed by atoms with E-state index < -0.39 is 6.09 Å². The van der Waals surface area contributed by atoms with Crippen LogP contribution in [-0.2, 0) is 0 Å². The predicted molar refractivity (Wildman–Crippen MR) is 105 cm³/mol. The molecule has 2 heterocycles. The molecule has 0 atom stereocenters. The minimum Gasteiger partial charge on any atom is -0.410 e. The molecule has 0 aliphatic heterocycles. The first kappa shape index (κ1) is 16.9. The number of para-hydroxylation sites is 1. The number of carbonyl (C=O) groups excluding carboxylic acids is 1. The number of anilines is 2. The molecule has 4 rings (SSSR count). The van der Waals surface area contributed by atoms with E-state index in [0.717, 1.165) is 16.5 Å². The van der Waals surface area contributed by atoms with Crippen molar-refractivity contribution >= 4 is 40.2 Å². The van der Waals surface area contributed by atoms with Crippen LogP contribution in [0.15, 0.2) is 61.1 Å². The number of fused-ring (bicyclic) bond motifs is 1. The molecule has 0 radical (unpaired) electrons. The number of ether oxygens (including phenoxy) is 1. The average molecular weight is 380 g/mol. The van der Waals surface area contributed by atoms with Crippen LogP contribution in [-0.4, -0.2) is 21.0 Å². The van der Waals surface area contributed by atoms with Gasteiger partial charge in [0.15, 0.2) is 0 Å². The normalized spacial score (nSPS) is 10.7. The number of nitrogens with two attached hydrogens (primary N) is 1. The van der Waals surface area contributed by atoms with Crippen LogP contribution in [0.2, 0.25) is 5.02 Å². The van der Waals surface area contributed by atoms with Gasteiger partial charge in [0.05, 0.1) is 16.1 Å². The van der Waals surface area contributed by atoms with Gasteiger partial charge in [-0.3, -0.25) is 5.32 Å². The zero-order chi connectivity index (χ0) is 18.8. The summed E-state index contributed by atoms with van der Waals surface area (Å²) in [5.74, 6) is 0.818. The first-order valence-corrected chi connectivity index (χ1v) is 8.41. The largest absolute Gasteiger partial charge is 0.417 e. The number of aromatic nitrogens is 3. The SMILES string of the molecule is Nc1ncnc2[nH]cc(-c3ccc(NC(=O)Oc4ccccc4)c(Cl)c3)c12. The number of nitrogen functional groups attached to an aromatic ring is 1. The Morgan fingerprint density at radius 2 is 1.96 bits per heavy atom. The average Bonchev–Trinajstić information content (AvgIpc) is 3.10. The highest BCUT2D eigenvalue weighted by Crippen LogP contribution is 2.34. The zero-order valence-electron chi connectivity index (χ0n) is 13.9. The number of nitrogens with zero attached hydrogens (tertiary/aromatic N) is 2. The van der Waals surface area contributed by atoms with Crippen LogP contribution in [0.5, 0.6) is 5.75 Å². The fourth-order valence-electron chi connectivity index (χ4n) is 2.73. The second-order valence-corrected chi connectivity index (χ2v) is 6.11. The number of amides is 1. The van der Waals surface area contributed by atoms with Gasteiger partial charge < -0.3 is 15.5 Å². The molecular formula is C19H14ClN5O2. The summed E-state index contributed by atoms with van der Waals surface area (Å²) in [4.78, 5) is 23.3. The van der Waals surface area contributed by atoms with Gasteiger partial charge >= 0.3 is 6.09 Å². The zero-order valence-corrected chi connectivity index (χ0v) is 14.7. The minimum absolute atomic E-state index is 0.363. The first-order valence-electron chi connectivity index (χ1n) is 8.03. The number of rotatable bonds is 3. The van der Waals surface area contributed by atoms with Gasteiger partial charge in [0.2, 0.25) is 0 Å². The molecule has 7 nitrogen and oxygen atoms in total. The van der Waals surface area contributed by atoms with E-state index in [1.165, 1.54) is 6.33 Å². The van der Waals surface area contributed by atoms with Crippen LogP contribution in [0.25, 0.3) is 22.2 Å². The molecule has 134 valence electrons. The van der Waals surface area contributed by atoms with Crippen molar-refractivity contribution in [3.63, 3.8) is 0 Å². The van der Waals surface area contributed by atoms with Crippen molar-refractivity contribution in [2.75, 3.05) is 11.1 Å². The molecule has 0 aliphatic rings. The lowest BCUT2D eigenvalue weighted by Gasteiger charge is -2.09. The van der Waals surface area contributed by atoms with Crippen LogP contribution < -0.4 is 15.8 Å². The lowest BCUT2D eigenvalue weighted by molar-refractivity contribution is 0.215. The summed E-state index contributed by atoms with van der Waals surface area (Å²) in [7, 11) is 0. The van der Waals surface area contributed by atoms with Crippen LogP contribution in [0.1, 0.15) is 0 Å². The highest BCUT2D eigenvalue weighted by Gasteiger charge is 2.13. The number of nitrogens with one attached hydrogen (secondary N) is 2. The Morgan fingerprint density at radius 1 is 1.15 bits per heavy atom. The summed E-state index contributed by atoms with van der Waals surface area (Å²) in [6.07, 6.45) is 2.56. The maximum atomic E-state index is 12.0. The summed E-state index contributed by atoms with van der Waals surface area (Å²) in [5.41, 5.74) is 8.68. The monoisotopic (exact) mass is 379 g/mol. The van der Waals surface area contributed by atoms with Crippen molar-refractivity contribution in [3.05, 3.63) is 66.1 Å². The Kier molecular flexibility index (Phi) is 4.35. The lowest BCUT2D eigenvalue weighted by atomic mass is 10.1. The van der Waals surface area contributed by atoms with E-state index in [1.807, 2.05) is 12.1 Å². The Labute approximate surface area is 159 Å². The third-order valence-electron chi connectivity index (χ3n) is 3.97. The van der Waals surface area contributed by atoms with Gasteiger partial charge in [-0.2, -0.15) is 0 Å². The minimum atomic E-state index is -0.624. The molecule has 8 heteroatoms. The van der Waals surface area contributed by atoms with Crippen molar-refractivity contribution in [1.29, 1.82) is 0 Å². The smallest absolute Gasteiger partial charge is 0.410 e. The van der Waals surface area contributed by atoms with Crippen molar-refractivity contribution in [2.45, 2.75) is 0 Å². The molecule has 0 saturated carbocycles. The summed E-state index contributed by atoms with van der Waals surface area (Å²) in [5, 5.41) is 3.71. The van der Waals surface area contributed by atoms with Crippen LogP contribution in [0, 0.1) is 0 Å². The first-order chi connectivity index (χ1) is 13.1. The Bertz CT molecular complexity index is 1130. The van der Waals surface area contributed by atoms with E-state index in [4.69, 9.17) is 22.1 Å². The van der Waals surface area contributed by atoms with Crippen molar-refractivity contribution in [2.24, 2.45) is 0 Å². The van der Waals surface area contributed by atoms with Crippen LogP contribution in [0.3, 0.4) is 0 Å². The van der Waals surface area contributed by atoms with Crippen LogP contribution in [0.4, 0.5) is 16.3 Å². The number of hydrogen-bond acceptors (Lipinski definition) is 5. The number of halogens is 1. The maximum absolute atomic E-state index is 12.0. The third kappa shape index (κ3) is 3.40. The van der Waals surface area contributed by atoms with E-state index >= 15 is 0 Å². The molecule has 4 aromatic rings. The topological polar surface area (TPSA) is 106 Å². The number of benzene rings is 2. The number of carbonyl (C=O) groups is 1. The molecule has 0 aliphatic carbocycles.